The minimum atomic E-state index is -3.81. The van der Waals surface area contributed by atoms with E-state index in [0.29, 0.717) is 11.7 Å². The van der Waals surface area contributed by atoms with E-state index in [9.17, 15) is 8.42 Å². The Morgan fingerprint density at radius 2 is 2.18 bits per heavy atom. The monoisotopic (exact) mass is 275 g/mol. The summed E-state index contributed by atoms with van der Waals surface area (Å²) in [6, 6.07) is 0. The van der Waals surface area contributed by atoms with Gasteiger partial charge in [0.2, 0.25) is 0 Å². The Kier molecular flexibility index (Phi) is 2.66. The van der Waals surface area contributed by atoms with E-state index in [4.69, 9.17) is 10.7 Å². The highest BCUT2D eigenvalue weighted by Gasteiger charge is 2.39. The summed E-state index contributed by atoms with van der Waals surface area (Å²) in [7, 11) is 1.37. The maximum atomic E-state index is 11.0. The Balaban J connectivity index is 1.72. The summed E-state index contributed by atoms with van der Waals surface area (Å²) in [6.45, 7) is 0. The fourth-order valence-electron chi connectivity index (χ4n) is 3.35. The van der Waals surface area contributed by atoms with Crippen LogP contribution >= 0.6 is 10.7 Å². The molecule has 0 saturated heterocycles. The summed E-state index contributed by atoms with van der Waals surface area (Å²) >= 11 is 0. The Morgan fingerprint density at radius 1 is 1.35 bits per heavy atom. The molecule has 2 fully saturated rings. The lowest BCUT2D eigenvalue weighted by Crippen LogP contribution is -2.13. The van der Waals surface area contributed by atoms with E-state index in [2.05, 4.69) is 15.2 Å². The van der Waals surface area contributed by atoms with Crippen LogP contribution in [0.5, 0.6) is 0 Å². The second-order valence-corrected chi connectivity index (χ2v) is 7.60. The van der Waals surface area contributed by atoms with Gasteiger partial charge in [-0.3, -0.25) is 5.10 Å². The summed E-state index contributed by atoms with van der Waals surface area (Å²) in [6.07, 6.45) is 6.04. The van der Waals surface area contributed by atoms with Gasteiger partial charge < -0.3 is 0 Å². The molecule has 3 unspecified atom stereocenters. The molecule has 17 heavy (non-hydrogen) atoms. The number of aromatic amines is 1. The topological polar surface area (TPSA) is 75.7 Å². The molecular weight excluding hydrogens is 262 g/mol. The van der Waals surface area contributed by atoms with Gasteiger partial charge in [-0.2, -0.15) is 0 Å². The molecule has 2 aliphatic carbocycles. The van der Waals surface area contributed by atoms with Crippen molar-refractivity contribution >= 4 is 19.7 Å². The Bertz CT molecular complexity index is 527. The van der Waals surface area contributed by atoms with Gasteiger partial charge in [0, 0.05) is 17.1 Å². The molecule has 0 amide bonds. The number of rotatable bonds is 3. The molecule has 0 radical (unpaired) electrons. The number of H-pyrrole nitrogens is 1. The molecule has 7 heteroatoms. The Morgan fingerprint density at radius 3 is 2.71 bits per heavy atom. The number of nitrogens with zero attached hydrogens (tertiary/aromatic N) is 2. The molecule has 1 aromatic heterocycles. The molecular formula is C10H14ClN3O2S. The zero-order valence-corrected chi connectivity index (χ0v) is 10.8. The predicted molar refractivity (Wildman–Crippen MR) is 62.1 cm³/mol. The van der Waals surface area contributed by atoms with Crippen molar-refractivity contribution in [1.82, 2.24) is 15.2 Å². The molecule has 0 spiro atoms. The third kappa shape index (κ3) is 2.20. The van der Waals surface area contributed by atoms with Crippen LogP contribution in [0, 0.1) is 17.8 Å². The van der Waals surface area contributed by atoms with Crippen molar-refractivity contribution < 1.29 is 8.42 Å². The quantitative estimate of drug-likeness (QED) is 0.852. The minimum absolute atomic E-state index is 0.308. The standard InChI is InChI=1S/C10H14ClN3O2S/c11-17(15,16)10-12-9(13-14-10)5-8-4-6-1-2-7(8)3-6/h6-8H,1-5H2,(H,12,13,14). The van der Waals surface area contributed by atoms with Crippen molar-refractivity contribution in [3.63, 3.8) is 0 Å². The lowest BCUT2D eigenvalue weighted by molar-refractivity contribution is 0.327. The summed E-state index contributed by atoms with van der Waals surface area (Å²) in [5, 5.41) is 6.00. The molecule has 94 valence electrons. The van der Waals surface area contributed by atoms with E-state index in [1.807, 2.05) is 0 Å². The van der Waals surface area contributed by atoms with Crippen molar-refractivity contribution in [2.24, 2.45) is 17.8 Å². The van der Waals surface area contributed by atoms with Gasteiger partial charge in [-0.15, -0.1) is 5.10 Å². The number of aromatic nitrogens is 3. The van der Waals surface area contributed by atoms with Crippen molar-refractivity contribution in [2.45, 2.75) is 37.3 Å². The number of fused-ring (bicyclic) bond motifs is 2. The van der Waals surface area contributed by atoms with Crippen LogP contribution in [0.15, 0.2) is 5.16 Å². The van der Waals surface area contributed by atoms with Gasteiger partial charge in [-0.1, -0.05) is 6.42 Å². The third-order valence-electron chi connectivity index (χ3n) is 4.07. The molecule has 2 bridgehead atoms. The fraction of sp³-hybridized carbons (Fsp3) is 0.800. The molecule has 0 aromatic carbocycles. The first kappa shape index (κ1) is 11.5. The van der Waals surface area contributed by atoms with Gasteiger partial charge in [0.05, 0.1) is 0 Å². The molecule has 3 rings (SSSR count). The van der Waals surface area contributed by atoms with Crippen molar-refractivity contribution in [2.75, 3.05) is 0 Å². The molecule has 5 nitrogen and oxygen atoms in total. The Labute approximate surface area is 104 Å². The molecule has 3 atom stereocenters. The molecule has 2 aliphatic rings. The molecule has 2 saturated carbocycles. The third-order valence-corrected chi connectivity index (χ3v) is 5.10. The van der Waals surface area contributed by atoms with Crippen LogP contribution < -0.4 is 0 Å². The van der Waals surface area contributed by atoms with Crippen LogP contribution in [0.2, 0.25) is 0 Å². The summed E-state index contributed by atoms with van der Waals surface area (Å²) in [4.78, 5) is 3.94. The zero-order valence-electron chi connectivity index (χ0n) is 9.26. The fourth-order valence-corrected chi connectivity index (χ4v) is 3.93. The van der Waals surface area contributed by atoms with Gasteiger partial charge in [0.1, 0.15) is 5.82 Å². The first-order chi connectivity index (χ1) is 8.02. The maximum Gasteiger partial charge on any atom is 0.298 e. The lowest BCUT2D eigenvalue weighted by atomic mass is 9.86. The van der Waals surface area contributed by atoms with Crippen molar-refractivity contribution in [3.05, 3.63) is 5.82 Å². The first-order valence-electron chi connectivity index (χ1n) is 5.88. The van der Waals surface area contributed by atoms with Crippen LogP contribution in [0.1, 0.15) is 31.5 Å². The highest BCUT2D eigenvalue weighted by Crippen LogP contribution is 2.49. The van der Waals surface area contributed by atoms with Crippen LogP contribution in [0.25, 0.3) is 0 Å². The van der Waals surface area contributed by atoms with Crippen molar-refractivity contribution in [3.8, 4) is 0 Å². The van der Waals surface area contributed by atoms with Crippen LogP contribution in [0.3, 0.4) is 0 Å². The van der Waals surface area contributed by atoms with E-state index in [0.717, 1.165) is 18.3 Å². The van der Waals surface area contributed by atoms with Gasteiger partial charge in [-0.25, -0.2) is 13.4 Å². The van der Waals surface area contributed by atoms with Gasteiger partial charge in [0.15, 0.2) is 0 Å². The van der Waals surface area contributed by atoms with E-state index in [1.165, 1.54) is 25.7 Å². The molecule has 1 heterocycles. The first-order valence-corrected chi connectivity index (χ1v) is 8.19. The minimum Gasteiger partial charge on any atom is -0.262 e. The molecule has 1 aromatic rings. The summed E-state index contributed by atoms with van der Waals surface area (Å²) < 4.78 is 22.1. The predicted octanol–water partition coefficient (Wildman–Crippen LogP) is 1.71. The normalized spacial score (nSPS) is 32.2. The van der Waals surface area contributed by atoms with Crippen LogP contribution in [0.4, 0.5) is 0 Å². The van der Waals surface area contributed by atoms with Gasteiger partial charge in [0.25, 0.3) is 14.2 Å². The SMILES string of the molecule is O=S(=O)(Cl)c1n[nH]c(CC2CC3CCC2C3)n1. The van der Waals surface area contributed by atoms with Crippen LogP contribution in [-0.4, -0.2) is 23.6 Å². The smallest absolute Gasteiger partial charge is 0.262 e. The van der Waals surface area contributed by atoms with E-state index < -0.39 is 9.05 Å². The Hall–Kier alpha value is -0.620. The lowest BCUT2D eigenvalue weighted by Gasteiger charge is -2.19. The number of hydrogen-bond acceptors (Lipinski definition) is 4. The molecule has 1 N–H and O–H groups in total. The average Bonchev–Trinajstić information content (AvgIpc) is 2.89. The highest BCUT2D eigenvalue weighted by molar-refractivity contribution is 8.13. The maximum absolute atomic E-state index is 11.0. The number of halogens is 1. The number of nitrogens with one attached hydrogen (secondary N) is 1. The largest absolute Gasteiger partial charge is 0.298 e. The second kappa shape index (κ2) is 3.95. The zero-order chi connectivity index (χ0) is 12.0. The number of hydrogen-bond donors (Lipinski definition) is 1. The summed E-state index contributed by atoms with van der Waals surface area (Å²) in [5.41, 5.74) is 0. The van der Waals surface area contributed by atoms with E-state index in [-0.39, 0.29) is 5.16 Å². The van der Waals surface area contributed by atoms with Gasteiger partial charge in [-0.05, 0) is 37.0 Å². The van der Waals surface area contributed by atoms with Crippen molar-refractivity contribution in [1.29, 1.82) is 0 Å². The van der Waals surface area contributed by atoms with Gasteiger partial charge >= 0.3 is 0 Å². The van der Waals surface area contributed by atoms with E-state index >= 15 is 0 Å². The summed E-state index contributed by atoms with van der Waals surface area (Å²) in [5.74, 6) is 2.94. The van der Waals surface area contributed by atoms with Crippen LogP contribution in [-0.2, 0) is 15.5 Å². The van der Waals surface area contributed by atoms with E-state index in [1.54, 1.807) is 0 Å². The second-order valence-electron chi connectivity index (χ2n) is 5.14. The average molecular weight is 276 g/mol. The highest BCUT2D eigenvalue weighted by atomic mass is 35.7. The molecule has 0 aliphatic heterocycles.